The Morgan fingerprint density at radius 1 is 1.08 bits per heavy atom. The van der Waals surface area contributed by atoms with E-state index in [1.807, 2.05) is 54.7 Å². The van der Waals surface area contributed by atoms with Gasteiger partial charge in [0, 0.05) is 48.7 Å². The van der Waals surface area contributed by atoms with Crippen molar-refractivity contribution in [2.24, 2.45) is 0 Å². The summed E-state index contributed by atoms with van der Waals surface area (Å²) in [6.07, 6.45) is 1.92. The van der Waals surface area contributed by atoms with Crippen LogP contribution in [-0.2, 0) is 10.2 Å². The summed E-state index contributed by atoms with van der Waals surface area (Å²) in [6.45, 7) is 0.214. The summed E-state index contributed by atoms with van der Waals surface area (Å²) in [5.41, 5.74) is 2.89. The molecule has 25 heavy (non-hydrogen) atoms. The van der Waals surface area contributed by atoms with E-state index in [1.54, 1.807) is 0 Å². The van der Waals surface area contributed by atoms with E-state index < -0.39 is 10.2 Å². The number of fused-ring (bicyclic) bond motifs is 1. The normalized spacial score (nSPS) is 13.4. The summed E-state index contributed by atoms with van der Waals surface area (Å²) < 4.78 is 28.1. The largest absolute Gasteiger partial charge is 0.361 e. The van der Waals surface area contributed by atoms with Crippen LogP contribution in [0.1, 0.15) is 17.0 Å². The first-order chi connectivity index (χ1) is 11.9. The lowest BCUT2D eigenvalue weighted by atomic mass is 9.91. The SMILES string of the molecule is CN(C)S(=O)(=O)NC[C@H](c1ccccc1Cl)c1c[nH]c2ccccc12. The molecule has 0 saturated heterocycles. The summed E-state index contributed by atoms with van der Waals surface area (Å²) in [6, 6.07) is 15.5. The Kier molecular flexibility index (Phi) is 5.15. The number of nitrogens with zero attached hydrogens (tertiary/aromatic N) is 1. The number of aromatic nitrogens is 1. The number of aromatic amines is 1. The van der Waals surface area contributed by atoms with Gasteiger partial charge in [-0.15, -0.1) is 0 Å². The molecule has 1 atom stereocenters. The number of rotatable bonds is 6. The standard InChI is InChI=1S/C18H20ClN3O2S/c1-22(2)25(23,24)21-12-16(13-7-3-5-9-17(13)19)15-11-20-18-10-6-4-8-14(15)18/h3-11,16,20-21H,12H2,1-2H3/t16-/m1/s1. The maximum atomic E-state index is 12.2. The number of halogens is 1. The number of hydrogen-bond donors (Lipinski definition) is 2. The molecule has 2 aromatic carbocycles. The number of para-hydroxylation sites is 1. The molecular weight excluding hydrogens is 358 g/mol. The van der Waals surface area contributed by atoms with Crippen LogP contribution in [0.3, 0.4) is 0 Å². The van der Waals surface area contributed by atoms with Crippen molar-refractivity contribution in [2.45, 2.75) is 5.92 Å². The Morgan fingerprint density at radius 2 is 1.76 bits per heavy atom. The Bertz CT molecular complexity index is 983. The van der Waals surface area contributed by atoms with Crippen molar-refractivity contribution >= 4 is 32.7 Å². The average Bonchev–Trinajstić information content (AvgIpc) is 3.00. The van der Waals surface area contributed by atoms with Gasteiger partial charge in [0.1, 0.15) is 0 Å². The Hall–Kier alpha value is -1.86. The van der Waals surface area contributed by atoms with Gasteiger partial charge in [-0.3, -0.25) is 0 Å². The van der Waals surface area contributed by atoms with Crippen LogP contribution in [0, 0.1) is 0 Å². The fourth-order valence-electron chi connectivity index (χ4n) is 2.85. The molecule has 0 aliphatic rings. The highest BCUT2D eigenvalue weighted by Crippen LogP contribution is 2.34. The molecule has 5 nitrogen and oxygen atoms in total. The highest BCUT2D eigenvalue weighted by atomic mass is 35.5. The minimum Gasteiger partial charge on any atom is -0.361 e. The quantitative estimate of drug-likeness (QED) is 0.691. The van der Waals surface area contributed by atoms with Crippen molar-refractivity contribution in [1.82, 2.24) is 14.0 Å². The van der Waals surface area contributed by atoms with Crippen LogP contribution in [-0.4, -0.2) is 38.3 Å². The monoisotopic (exact) mass is 377 g/mol. The molecule has 3 aromatic rings. The second kappa shape index (κ2) is 7.17. The highest BCUT2D eigenvalue weighted by Gasteiger charge is 2.23. The third kappa shape index (κ3) is 3.72. The van der Waals surface area contributed by atoms with Crippen molar-refractivity contribution in [3.05, 3.63) is 70.9 Å². The predicted octanol–water partition coefficient (Wildman–Crippen LogP) is 3.35. The number of hydrogen-bond acceptors (Lipinski definition) is 2. The Labute approximate surface area is 152 Å². The van der Waals surface area contributed by atoms with E-state index in [-0.39, 0.29) is 12.5 Å². The summed E-state index contributed by atoms with van der Waals surface area (Å²) in [4.78, 5) is 3.25. The van der Waals surface area contributed by atoms with Crippen LogP contribution in [0.4, 0.5) is 0 Å². The van der Waals surface area contributed by atoms with Gasteiger partial charge in [-0.2, -0.15) is 12.7 Å². The van der Waals surface area contributed by atoms with Crippen molar-refractivity contribution in [1.29, 1.82) is 0 Å². The maximum absolute atomic E-state index is 12.2. The molecule has 7 heteroatoms. The lowest BCUT2D eigenvalue weighted by Gasteiger charge is -2.21. The summed E-state index contributed by atoms with van der Waals surface area (Å²) in [5, 5.41) is 1.67. The van der Waals surface area contributed by atoms with Gasteiger partial charge >= 0.3 is 0 Å². The molecule has 3 rings (SSSR count). The van der Waals surface area contributed by atoms with Crippen LogP contribution in [0.5, 0.6) is 0 Å². The molecule has 1 aromatic heterocycles. The summed E-state index contributed by atoms with van der Waals surface area (Å²) in [5.74, 6) is -0.209. The fraction of sp³-hybridized carbons (Fsp3) is 0.222. The van der Waals surface area contributed by atoms with Crippen molar-refractivity contribution in [3.8, 4) is 0 Å². The molecule has 0 unspecified atom stereocenters. The van der Waals surface area contributed by atoms with Gasteiger partial charge in [-0.05, 0) is 23.3 Å². The third-order valence-electron chi connectivity index (χ3n) is 4.23. The van der Waals surface area contributed by atoms with E-state index >= 15 is 0 Å². The van der Waals surface area contributed by atoms with Gasteiger partial charge in [0.2, 0.25) is 0 Å². The fourth-order valence-corrected chi connectivity index (χ4v) is 3.75. The molecule has 0 fully saturated rings. The van der Waals surface area contributed by atoms with E-state index in [4.69, 9.17) is 11.6 Å². The Morgan fingerprint density at radius 3 is 2.48 bits per heavy atom. The third-order valence-corrected chi connectivity index (χ3v) is 6.06. The average molecular weight is 378 g/mol. The first kappa shape index (κ1) is 17.9. The van der Waals surface area contributed by atoms with E-state index in [1.165, 1.54) is 14.1 Å². The number of nitrogens with one attached hydrogen (secondary N) is 2. The topological polar surface area (TPSA) is 65.2 Å². The first-order valence-corrected chi connectivity index (χ1v) is 9.69. The summed E-state index contributed by atoms with van der Waals surface area (Å²) >= 11 is 6.40. The summed E-state index contributed by atoms with van der Waals surface area (Å²) in [7, 11) is -0.531. The van der Waals surface area contributed by atoms with Gasteiger partial charge in [-0.25, -0.2) is 4.72 Å². The molecule has 2 N–H and O–H groups in total. The van der Waals surface area contributed by atoms with E-state index in [0.29, 0.717) is 5.02 Å². The lowest BCUT2D eigenvalue weighted by Crippen LogP contribution is -2.38. The minimum absolute atomic E-state index is 0.209. The Balaban J connectivity index is 2.05. The molecule has 132 valence electrons. The van der Waals surface area contributed by atoms with E-state index in [2.05, 4.69) is 9.71 Å². The molecule has 0 bridgehead atoms. The van der Waals surface area contributed by atoms with Gasteiger partial charge in [0.15, 0.2) is 0 Å². The molecule has 0 amide bonds. The van der Waals surface area contributed by atoms with Crippen LogP contribution in [0.15, 0.2) is 54.7 Å². The molecular formula is C18H20ClN3O2S. The molecule has 0 aliphatic carbocycles. The van der Waals surface area contributed by atoms with Crippen LogP contribution >= 0.6 is 11.6 Å². The van der Waals surface area contributed by atoms with Gasteiger partial charge in [0.25, 0.3) is 10.2 Å². The molecule has 1 heterocycles. The zero-order valence-electron chi connectivity index (χ0n) is 14.0. The highest BCUT2D eigenvalue weighted by molar-refractivity contribution is 7.87. The van der Waals surface area contributed by atoms with Crippen LogP contribution in [0.2, 0.25) is 5.02 Å². The second-order valence-corrected chi connectivity index (χ2v) is 8.38. The molecule has 0 saturated carbocycles. The lowest BCUT2D eigenvalue weighted by molar-refractivity contribution is 0.503. The zero-order chi connectivity index (χ0) is 18.0. The molecule has 0 spiro atoms. The second-order valence-electron chi connectivity index (χ2n) is 6.00. The van der Waals surface area contributed by atoms with Gasteiger partial charge < -0.3 is 4.98 Å². The number of H-pyrrole nitrogens is 1. The van der Waals surface area contributed by atoms with E-state index in [0.717, 1.165) is 26.3 Å². The first-order valence-electron chi connectivity index (χ1n) is 7.87. The minimum atomic E-state index is -3.53. The van der Waals surface area contributed by atoms with Crippen molar-refractivity contribution < 1.29 is 8.42 Å². The predicted molar refractivity (Wildman–Crippen MR) is 102 cm³/mol. The zero-order valence-corrected chi connectivity index (χ0v) is 15.6. The van der Waals surface area contributed by atoms with Crippen LogP contribution < -0.4 is 4.72 Å². The van der Waals surface area contributed by atoms with E-state index in [9.17, 15) is 8.42 Å². The maximum Gasteiger partial charge on any atom is 0.278 e. The van der Waals surface area contributed by atoms with Gasteiger partial charge in [0.05, 0.1) is 0 Å². The van der Waals surface area contributed by atoms with Crippen molar-refractivity contribution in [3.63, 3.8) is 0 Å². The molecule has 0 aliphatic heterocycles. The van der Waals surface area contributed by atoms with Crippen LogP contribution in [0.25, 0.3) is 10.9 Å². The van der Waals surface area contributed by atoms with Crippen molar-refractivity contribution in [2.75, 3.05) is 20.6 Å². The van der Waals surface area contributed by atoms with Gasteiger partial charge in [-0.1, -0.05) is 48.0 Å². The smallest absolute Gasteiger partial charge is 0.278 e. The number of benzene rings is 2. The molecule has 0 radical (unpaired) electrons.